The van der Waals surface area contributed by atoms with Crippen molar-refractivity contribution in [2.24, 2.45) is 0 Å². The Labute approximate surface area is 214 Å². The molecule has 0 atom stereocenters. The highest BCUT2D eigenvalue weighted by atomic mass is 35.5. The summed E-state index contributed by atoms with van der Waals surface area (Å²) in [6, 6.07) is 5.83. The van der Waals surface area contributed by atoms with Crippen molar-refractivity contribution < 1.29 is 13.9 Å². The van der Waals surface area contributed by atoms with Gasteiger partial charge in [-0.1, -0.05) is 11.6 Å². The van der Waals surface area contributed by atoms with Crippen molar-refractivity contribution in [2.45, 2.75) is 6.42 Å². The number of likely N-dealkylation sites (N-methyl/N-ethyl adjacent to an activating group) is 1. The number of rotatable bonds is 9. The van der Waals surface area contributed by atoms with Crippen LogP contribution < -0.4 is 15.4 Å². The van der Waals surface area contributed by atoms with Gasteiger partial charge in [-0.05, 0) is 44.3 Å². The summed E-state index contributed by atoms with van der Waals surface area (Å²) in [6.45, 7) is 5.71. The number of anilines is 2. The Morgan fingerprint density at radius 1 is 1.19 bits per heavy atom. The fourth-order valence-electron chi connectivity index (χ4n) is 3.89. The summed E-state index contributed by atoms with van der Waals surface area (Å²) >= 11 is 6.03. The van der Waals surface area contributed by atoms with Crippen LogP contribution in [0.3, 0.4) is 0 Å². The molecular weight excluding hydrogens is 485 g/mol. The highest BCUT2D eigenvalue weighted by molar-refractivity contribution is 6.30. The molecule has 1 aromatic carbocycles. The molecule has 2 aromatic heterocycles. The zero-order chi connectivity index (χ0) is 25.5. The first kappa shape index (κ1) is 25.7. The molecule has 1 aliphatic heterocycles. The molecule has 4 rings (SSSR count). The number of aromatic nitrogens is 3. The number of benzene rings is 1. The van der Waals surface area contributed by atoms with Crippen LogP contribution in [-0.4, -0.2) is 84.1 Å². The van der Waals surface area contributed by atoms with Crippen LogP contribution in [0.2, 0.25) is 5.02 Å². The number of hydrogen-bond donors (Lipinski definition) is 2. The van der Waals surface area contributed by atoms with Crippen LogP contribution in [0.25, 0.3) is 11.4 Å². The molecule has 0 bridgehead atoms. The second kappa shape index (κ2) is 12.1. The summed E-state index contributed by atoms with van der Waals surface area (Å²) in [5.41, 5.74) is 0.991. The number of carbonyl (C=O) groups excluding carboxylic acids is 1. The lowest BCUT2D eigenvalue weighted by molar-refractivity contribution is 0.0950. The van der Waals surface area contributed by atoms with E-state index in [1.54, 1.807) is 12.3 Å². The van der Waals surface area contributed by atoms with Crippen LogP contribution in [-0.2, 0) is 0 Å². The number of nitrogens with one attached hydrogen (secondary N) is 2. The fraction of sp³-hybridized carbons (Fsp3) is 0.360. The van der Waals surface area contributed by atoms with Crippen LogP contribution in [0.15, 0.2) is 42.9 Å². The van der Waals surface area contributed by atoms with Gasteiger partial charge in [0.25, 0.3) is 5.91 Å². The van der Waals surface area contributed by atoms with Crippen LogP contribution in [0, 0.1) is 5.82 Å². The van der Waals surface area contributed by atoms with Crippen molar-refractivity contribution in [2.75, 3.05) is 58.7 Å². The Morgan fingerprint density at radius 3 is 2.78 bits per heavy atom. The van der Waals surface area contributed by atoms with E-state index in [4.69, 9.17) is 16.3 Å². The molecule has 9 nitrogen and oxygen atoms in total. The summed E-state index contributed by atoms with van der Waals surface area (Å²) < 4.78 is 19.8. The third kappa shape index (κ3) is 6.45. The third-order valence-electron chi connectivity index (χ3n) is 6.00. The predicted molar refractivity (Wildman–Crippen MR) is 137 cm³/mol. The number of nitrogens with zero attached hydrogens (tertiary/aromatic N) is 5. The Hall–Kier alpha value is -3.34. The largest absolute Gasteiger partial charge is 0.491 e. The van der Waals surface area contributed by atoms with E-state index in [0.717, 1.165) is 39.1 Å². The Bertz CT molecular complexity index is 1200. The van der Waals surface area contributed by atoms with Crippen molar-refractivity contribution in [3.8, 4) is 17.1 Å². The standard InChI is InChI=1S/C25H29ClFN7O2/c1-33-10-12-34(13-11-33)9-3-7-29-25(35)19-15-28-8-6-21(19)31-24-22(36-2)16-30-23(32-24)18-14-17(26)4-5-20(18)27/h4-6,8,14-16H,3,7,9-13H2,1-2H3,(H,29,35)(H,28,30,31,32). The lowest BCUT2D eigenvalue weighted by atomic mass is 10.2. The van der Waals surface area contributed by atoms with E-state index in [-0.39, 0.29) is 23.1 Å². The predicted octanol–water partition coefficient (Wildman–Crippen LogP) is 3.45. The average molecular weight is 514 g/mol. The highest BCUT2D eigenvalue weighted by Crippen LogP contribution is 2.30. The smallest absolute Gasteiger partial charge is 0.254 e. The van der Waals surface area contributed by atoms with Crippen LogP contribution >= 0.6 is 11.6 Å². The first-order valence-corrected chi connectivity index (χ1v) is 12.1. The van der Waals surface area contributed by atoms with Crippen LogP contribution in [0.5, 0.6) is 5.75 Å². The van der Waals surface area contributed by atoms with Gasteiger partial charge in [0.1, 0.15) is 5.82 Å². The Balaban J connectivity index is 1.45. The average Bonchev–Trinajstić information content (AvgIpc) is 2.89. The number of carbonyl (C=O) groups is 1. The zero-order valence-electron chi connectivity index (χ0n) is 20.3. The van der Waals surface area contributed by atoms with Gasteiger partial charge in [0.2, 0.25) is 0 Å². The number of halogens is 2. The molecule has 0 unspecified atom stereocenters. The maximum atomic E-state index is 14.4. The third-order valence-corrected chi connectivity index (χ3v) is 6.23. The minimum Gasteiger partial charge on any atom is -0.491 e. The molecule has 0 aliphatic carbocycles. The van der Waals surface area contributed by atoms with Gasteiger partial charge in [0, 0.05) is 50.1 Å². The van der Waals surface area contributed by atoms with E-state index in [1.165, 1.54) is 37.7 Å². The van der Waals surface area contributed by atoms with E-state index < -0.39 is 5.82 Å². The maximum absolute atomic E-state index is 14.4. The van der Waals surface area contributed by atoms with E-state index in [0.29, 0.717) is 28.6 Å². The fourth-order valence-corrected chi connectivity index (χ4v) is 4.06. The SMILES string of the molecule is COc1cnc(-c2cc(Cl)ccc2F)nc1Nc1ccncc1C(=O)NCCCN1CCN(C)CC1. The van der Waals surface area contributed by atoms with E-state index in [2.05, 4.69) is 42.4 Å². The number of pyridine rings is 1. The molecule has 2 N–H and O–H groups in total. The van der Waals surface area contributed by atoms with Crippen molar-refractivity contribution in [3.05, 3.63) is 59.3 Å². The number of ether oxygens (including phenoxy) is 1. The molecule has 1 fully saturated rings. The van der Waals surface area contributed by atoms with E-state index >= 15 is 0 Å². The molecule has 190 valence electrons. The molecule has 36 heavy (non-hydrogen) atoms. The zero-order valence-corrected chi connectivity index (χ0v) is 21.1. The minimum absolute atomic E-state index is 0.127. The molecule has 0 radical (unpaired) electrons. The van der Waals surface area contributed by atoms with Gasteiger partial charge in [0.05, 0.1) is 30.1 Å². The second-order valence-electron chi connectivity index (χ2n) is 8.54. The molecular formula is C25H29ClFN7O2. The molecule has 1 aliphatic rings. The lowest BCUT2D eigenvalue weighted by Gasteiger charge is -2.32. The van der Waals surface area contributed by atoms with Crippen molar-refractivity contribution in [1.29, 1.82) is 0 Å². The number of hydrogen-bond acceptors (Lipinski definition) is 8. The quantitative estimate of drug-likeness (QED) is 0.420. The van der Waals surface area contributed by atoms with Gasteiger partial charge in [-0.3, -0.25) is 9.78 Å². The number of piperazine rings is 1. The highest BCUT2D eigenvalue weighted by Gasteiger charge is 2.17. The normalized spacial score (nSPS) is 14.4. The summed E-state index contributed by atoms with van der Waals surface area (Å²) in [4.78, 5) is 30.4. The maximum Gasteiger partial charge on any atom is 0.254 e. The molecule has 3 aromatic rings. The topological polar surface area (TPSA) is 95.5 Å². The van der Waals surface area contributed by atoms with Gasteiger partial charge < -0.3 is 25.2 Å². The van der Waals surface area contributed by atoms with Crippen molar-refractivity contribution in [1.82, 2.24) is 30.1 Å². The van der Waals surface area contributed by atoms with E-state index in [1.807, 2.05) is 0 Å². The molecule has 0 spiro atoms. The van der Waals surface area contributed by atoms with Gasteiger partial charge in [-0.15, -0.1) is 0 Å². The number of methoxy groups -OCH3 is 1. The van der Waals surface area contributed by atoms with Crippen LogP contribution in [0.1, 0.15) is 16.8 Å². The number of amides is 1. The van der Waals surface area contributed by atoms with Crippen molar-refractivity contribution >= 4 is 29.0 Å². The summed E-state index contributed by atoms with van der Waals surface area (Å²) in [5, 5.41) is 6.45. The Kier molecular flexibility index (Phi) is 8.63. The second-order valence-corrected chi connectivity index (χ2v) is 8.97. The van der Waals surface area contributed by atoms with E-state index in [9.17, 15) is 9.18 Å². The van der Waals surface area contributed by atoms with Crippen LogP contribution in [0.4, 0.5) is 15.9 Å². The van der Waals surface area contributed by atoms with Gasteiger partial charge >= 0.3 is 0 Å². The monoisotopic (exact) mass is 513 g/mol. The van der Waals surface area contributed by atoms with Crippen molar-refractivity contribution in [3.63, 3.8) is 0 Å². The molecule has 1 saturated heterocycles. The van der Waals surface area contributed by atoms with Gasteiger partial charge in [0.15, 0.2) is 17.4 Å². The molecule has 0 saturated carbocycles. The first-order valence-electron chi connectivity index (χ1n) is 11.7. The first-order chi connectivity index (χ1) is 17.4. The summed E-state index contributed by atoms with van der Waals surface area (Å²) in [7, 11) is 3.61. The summed E-state index contributed by atoms with van der Waals surface area (Å²) in [6.07, 6.45) is 5.35. The van der Waals surface area contributed by atoms with Gasteiger partial charge in [-0.2, -0.15) is 0 Å². The lowest BCUT2D eigenvalue weighted by Crippen LogP contribution is -2.45. The van der Waals surface area contributed by atoms with Gasteiger partial charge in [-0.25, -0.2) is 14.4 Å². The summed E-state index contributed by atoms with van der Waals surface area (Å²) in [5.74, 6) is -0.0230. The minimum atomic E-state index is -0.504. The molecule has 11 heteroatoms. The molecule has 1 amide bonds. The molecule has 3 heterocycles. The Morgan fingerprint density at radius 2 is 2.00 bits per heavy atom.